The van der Waals surface area contributed by atoms with Crippen LogP contribution in [0.5, 0.6) is 0 Å². The number of esters is 3. The van der Waals surface area contributed by atoms with Crippen molar-refractivity contribution in [2.75, 3.05) is 13.2 Å². The molecule has 0 aromatic carbocycles. The van der Waals surface area contributed by atoms with Crippen LogP contribution in [0.4, 0.5) is 0 Å². The van der Waals surface area contributed by atoms with Gasteiger partial charge in [-0.15, -0.1) is 0 Å². The van der Waals surface area contributed by atoms with Gasteiger partial charge in [-0.2, -0.15) is 0 Å². The van der Waals surface area contributed by atoms with E-state index in [1.807, 2.05) is 0 Å². The first-order valence-electron chi connectivity index (χ1n) is 33.0. The van der Waals surface area contributed by atoms with Crippen LogP contribution in [-0.2, 0) is 28.6 Å². The van der Waals surface area contributed by atoms with Crippen LogP contribution in [0.15, 0.2) is 122 Å². The molecule has 6 nitrogen and oxygen atoms in total. The lowest BCUT2D eigenvalue weighted by molar-refractivity contribution is -0.167. The monoisotopic (exact) mass is 1090 g/mol. The van der Waals surface area contributed by atoms with Gasteiger partial charge in [-0.05, 0) is 128 Å². The summed E-state index contributed by atoms with van der Waals surface area (Å²) in [7, 11) is 0. The molecule has 1 atom stereocenters. The van der Waals surface area contributed by atoms with E-state index < -0.39 is 6.10 Å². The lowest BCUT2D eigenvalue weighted by Gasteiger charge is -2.18. The Bertz CT molecular complexity index is 1640. The minimum atomic E-state index is -0.817. The zero-order valence-corrected chi connectivity index (χ0v) is 51.6. The molecule has 0 amide bonds. The van der Waals surface area contributed by atoms with Crippen molar-refractivity contribution in [3.8, 4) is 0 Å². The van der Waals surface area contributed by atoms with Gasteiger partial charge in [0.15, 0.2) is 6.10 Å². The molecule has 0 fully saturated rings. The fourth-order valence-electron chi connectivity index (χ4n) is 9.04. The third kappa shape index (κ3) is 64.5. The highest BCUT2D eigenvalue weighted by Gasteiger charge is 2.19. The summed E-state index contributed by atoms with van der Waals surface area (Å²) in [6.45, 7) is 6.37. The predicted octanol–water partition coefficient (Wildman–Crippen LogP) is 22.8. The highest BCUT2D eigenvalue weighted by Crippen LogP contribution is 2.16. The molecule has 6 heteroatoms. The van der Waals surface area contributed by atoms with E-state index in [1.54, 1.807) is 0 Å². The Morgan fingerprint density at radius 2 is 0.494 bits per heavy atom. The van der Waals surface area contributed by atoms with E-state index in [1.165, 1.54) is 141 Å². The molecule has 0 radical (unpaired) electrons. The Hall–Kier alpha value is -4.19. The first kappa shape index (κ1) is 74.8. The number of unbranched alkanes of at least 4 members (excludes halogenated alkanes) is 28. The second kappa shape index (κ2) is 66.3. The summed E-state index contributed by atoms with van der Waals surface area (Å²) >= 11 is 0. The van der Waals surface area contributed by atoms with Crippen molar-refractivity contribution >= 4 is 17.9 Å². The summed E-state index contributed by atoms with van der Waals surface area (Å²) < 4.78 is 16.9. The van der Waals surface area contributed by atoms with Gasteiger partial charge in [0.1, 0.15) is 13.2 Å². The number of hydrogen-bond donors (Lipinski definition) is 0. The second-order valence-electron chi connectivity index (χ2n) is 21.6. The molecule has 0 bridgehead atoms. The fourth-order valence-corrected chi connectivity index (χ4v) is 9.04. The van der Waals surface area contributed by atoms with Crippen LogP contribution in [0, 0.1) is 0 Å². The highest BCUT2D eigenvalue weighted by atomic mass is 16.6. The molecule has 0 aromatic rings. The van der Waals surface area contributed by atoms with Gasteiger partial charge in [0.2, 0.25) is 0 Å². The van der Waals surface area contributed by atoms with Crippen molar-refractivity contribution in [1.82, 2.24) is 0 Å². The molecule has 0 aliphatic carbocycles. The van der Waals surface area contributed by atoms with Crippen LogP contribution in [-0.4, -0.2) is 37.2 Å². The Balaban J connectivity index is 4.38. The molecular weight excluding hydrogens is 973 g/mol. The van der Waals surface area contributed by atoms with Crippen molar-refractivity contribution in [3.63, 3.8) is 0 Å². The van der Waals surface area contributed by atoms with Crippen molar-refractivity contribution in [2.24, 2.45) is 0 Å². The van der Waals surface area contributed by atoms with Crippen LogP contribution >= 0.6 is 0 Å². The van der Waals surface area contributed by atoms with Gasteiger partial charge in [-0.3, -0.25) is 14.4 Å². The van der Waals surface area contributed by atoms with Crippen molar-refractivity contribution in [1.29, 1.82) is 0 Å². The van der Waals surface area contributed by atoms with Crippen molar-refractivity contribution in [2.45, 2.75) is 309 Å². The van der Waals surface area contributed by atoms with E-state index in [9.17, 15) is 14.4 Å². The quantitative estimate of drug-likeness (QED) is 0.0261. The SMILES string of the molecule is CC/C=C\C/C=C\C/C=C\C/C=C\C/C=C\CCCCCC(=O)OC(COC(=O)CCCC/C=C\C/C=C\C/C=C\C/C=C\CC)COC(=O)CCCCCCCCCCCCCCCCC/C=C\CCCCCCCCCC. The highest BCUT2D eigenvalue weighted by molar-refractivity contribution is 5.71. The zero-order valence-electron chi connectivity index (χ0n) is 51.6. The van der Waals surface area contributed by atoms with Crippen LogP contribution in [0.25, 0.3) is 0 Å². The number of rotatable bonds is 59. The van der Waals surface area contributed by atoms with Gasteiger partial charge in [-0.1, -0.05) is 277 Å². The number of ether oxygens (including phenoxy) is 3. The minimum Gasteiger partial charge on any atom is -0.462 e. The van der Waals surface area contributed by atoms with E-state index in [0.717, 1.165) is 109 Å². The van der Waals surface area contributed by atoms with Crippen LogP contribution in [0.3, 0.4) is 0 Å². The van der Waals surface area contributed by atoms with E-state index in [4.69, 9.17) is 14.2 Å². The number of allylic oxidation sites excluding steroid dienone is 20. The van der Waals surface area contributed by atoms with E-state index in [-0.39, 0.29) is 37.5 Å². The summed E-state index contributed by atoms with van der Waals surface area (Å²) in [4.78, 5) is 38.3. The molecule has 0 heterocycles. The molecule has 0 rings (SSSR count). The Morgan fingerprint density at radius 3 is 0.823 bits per heavy atom. The molecule has 0 aliphatic heterocycles. The third-order valence-corrected chi connectivity index (χ3v) is 13.9. The molecule has 0 saturated carbocycles. The van der Waals surface area contributed by atoms with Crippen molar-refractivity contribution in [3.05, 3.63) is 122 Å². The smallest absolute Gasteiger partial charge is 0.306 e. The van der Waals surface area contributed by atoms with Gasteiger partial charge < -0.3 is 14.2 Å². The van der Waals surface area contributed by atoms with Gasteiger partial charge in [-0.25, -0.2) is 0 Å². The average Bonchev–Trinajstić information content (AvgIpc) is 3.45. The molecule has 0 aromatic heterocycles. The summed E-state index contributed by atoms with van der Waals surface area (Å²) in [5.74, 6) is -0.977. The second-order valence-corrected chi connectivity index (χ2v) is 21.6. The predicted molar refractivity (Wildman–Crippen MR) is 343 cm³/mol. The summed E-state index contributed by atoms with van der Waals surface area (Å²) in [5.41, 5.74) is 0. The van der Waals surface area contributed by atoms with Gasteiger partial charge in [0, 0.05) is 19.3 Å². The molecule has 79 heavy (non-hydrogen) atoms. The third-order valence-electron chi connectivity index (χ3n) is 13.9. The number of hydrogen-bond acceptors (Lipinski definition) is 6. The number of carbonyl (C=O) groups is 3. The Kier molecular flexibility index (Phi) is 62.8. The first-order chi connectivity index (χ1) is 39.0. The maximum atomic E-state index is 12.9. The molecule has 0 N–H and O–H groups in total. The largest absolute Gasteiger partial charge is 0.462 e. The van der Waals surface area contributed by atoms with E-state index >= 15 is 0 Å². The van der Waals surface area contributed by atoms with E-state index in [0.29, 0.717) is 25.7 Å². The molecule has 0 saturated heterocycles. The standard InChI is InChI=1S/C73H122O6/c1-4-7-10-13-16-19-22-25-28-30-32-33-34-35-36-37-38-39-41-42-45-48-51-54-57-60-63-66-72(75)78-69-70(68-77-71(74)65-62-59-56-53-50-47-44-27-24-21-18-15-12-9-6-3)79-73(76)67-64-61-58-55-52-49-46-43-40-31-29-26-23-20-17-14-11-8-5-2/h8-9,11-12,17-18,20-21,26-27,29-30,32,40,43-44,49-50,52-53,70H,4-7,10,13-16,19,22-25,28,31,33-39,41-42,45-48,51,54-69H2,1-3H3/b11-8-,12-9-,20-17-,21-18-,29-26-,32-30-,43-40-,44-27-,52-49-,53-50-. The normalized spacial score (nSPS) is 12.9. The maximum Gasteiger partial charge on any atom is 0.306 e. The summed E-state index contributed by atoms with van der Waals surface area (Å²) in [5, 5.41) is 0. The minimum absolute atomic E-state index is 0.106. The molecular formula is C73H122O6. The molecule has 0 aliphatic rings. The lowest BCUT2D eigenvalue weighted by Crippen LogP contribution is -2.30. The zero-order chi connectivity index (χ0) is 57.1. The molecule has 450 valence electrons. The van der Waals surface area contributed by atoms with Gasteiger partial charge >= 0.3 is 17.9 Å². The molecule has 1 unspecified atom stereocenters. The maximum absolute atomic E-state index is 12.9. The number of carbonyl (C=O) groups excluding carboxylic acids is 3. The Morgan fingerprint density at radius 1 is 0.266 bits per heavy atom. The van der Waals surface area contributed by atoms with Crippen molar-refractivity contribution < 1.29 is 28.6 Å². The molecule has 0 spiro atoms. The first-order valence-corrected chi connectivity index (χ1v) is 33.0. The Labute approximate surface area is 488 Å². The van der Waals surface area contributed by atoms with Crippen LogP contribution < -0.4 is 0 Å². The van der Waals surface area contributed by atoms with E-state index in [2.05, 4.69) is 142 Å². The summed E-state index contributed by atoms with van der Waals surface area (Å²) in [6.07, 6.45) is 92.2. The topological polar surface area (TPSA) is 78.9 Å². The van der Waals surface area contributed by atoms with Gasteiger partial charge in [0.25, 0.3) is 0 Å². The summed E-state index contributed by atoms with van der Waals surface area (Å²) in [6, 6.07) is 0. The average molecular weight is 1100 g/mol. The lowest BCUT2D eigenvalue weighted by atomic mass is 10.0. The van der Waals surface area contributed by atoms with Gasteiger partial charge in [0.05, 0.1) is 0 Å². The van der Waals surface area contributed by atoms with Crippen LogP contribution in [0.2, 0.25) is 0 Å². The fraction of sp³-hybridized carbons (Fsp3) is 0.685. The van der Waals surface area contributed by atoms with Crippen LogP contribution in [0.1, 0.15) is 303 Å².